The zero-order valence-corrected chi connectivity index (χ0v) is 17.6. The molecule has 152 valence electrons. The topological polar surface area (TPSA) is 26.8 Å². The van der Waals surface area contributed by atoms with Crippen molar-refractivity contribution in [2.75, 3.05) is 44.7 Å². The van der Waals surface area contributed by atoms with E-state index in [1.807, 2.05) is 18.2 Å². The van der Waals surface area contributed by atoms with E-state index in [4.69, 9.17) is 0 Å². The first-order chi connectivity index (χ1) is 14.1. The highest BCUT2D eigenvalue weighted by Gasteiger charge is 2.46. The van der Waals surface area contributed by atoms with E-state index < -0.39 is 0 Å². The first-order valence-electron chi connectivity index (χ1n) is 11.0. The number of anilines is 1. The van der Waals surface area contributed by atoms with Crippen LogP contribution in [0.4, 0.5) is 5.69 Å². The number of fused-ring (bicyclic) bond motifs is 5. The Hall–Kier alpha value is -2.33. The Morgan fingerprint density at radius 2 is 1.72 bits per heavy atom. The van der Waals surface area contributed by atoms with E-state index in [0.29, 0.717) is 18.3 Å². The molecular weight excluding hydrogens is 358 g/mol. The van der Waals surface area contributed by atoms with Gasteiger partial charge in [0.2, 0.25) is 5.91 Å². The predicted molar refractivity (Wildman–Crippen MR) is 117 cm³/mol. The number of likely N-dealkylation sites (N-methyl/N-ethyl adjacent to an activating group) is 1. The molecule has 0 radical (unpaired) electrons. The molecule has 3 aliphatic rings. The van der Waals surface area contributed by atoms with Crippen molar-refractivity contribution < 1.29 is 4.79 Å². The normalized spacial score (nSPS) is 26.5. The Bertz CT molecular complexity index is 888. The third-order valence-electron chi connectivity index (χ3n) is 7.32. The van der Waals surface area contributed by atoms with Crippen molar-refractivity contribution in [2.24, 2.45) is 5.92 Å². The van der Waals surface area contributed by atoms with Gasteiger partial charge < -0.3 is 14.7 Å². The van der Waals surface area contributed by atoms with Gasteiger partial charge in [-0.15, -0.1) is 0 Å². The van der Waals surface area contributed by atoms with E-state index in [0.717, 1.165) is 44.7 Å². The van der Waals surface area contributed by atoms with Gasteiger partial charge in [0, 0.05) is 38.4 Å². The molecule has 2 bridgehead atoms. The summed E-state index contributed by atoms with van der Waals surface area (Å²) in [5, 5.41) is 0. The molecule has 1 aliphatic carbocycles. The van der Waals surface area contributed by atoms with E-state index in [1.165, 1.54) is 16.8 Å². The first kappa shape index (κ1) is 18.7. The predicted octanol–water partition coefficient (Wildman–Crippen LogP) is 3.69. The lowest BCUT2D eigenvalue weighted by Gasteiger charge is -2.39. The van der Waals surface area contributed by atoms with Crippen LogP contribution in [0.15, 0.2) is 48.5 Å². The van der Waals surface area contributed by atoms with Crippen LogP contribution in [-0.2, 0) is 11.2 Å². The molecule has 3 atom stereocenters. The summed E-state index contributed by atoms with van der Waals surface area (Å²) in [6, 6.07) is 17.5. The molecule has 2 unspecified atom stereocenters. The molecule has 1 amide bonds. The summed E-state index contributed by atoms with van der Waals surface area (Å²) in [5.74, 6) is 1.36. The fourth-order valence-corrected chi connectivity index (χ4v) is 5.64. The number of rotatable bonds is 3. The minimum absolute atomic E-state index is 0.229. The maximum Gasteiger partial charge on any atom is 0.227 e. The van der Waals surface area contributed by atoms with Crippen molar-refractivity contribution in [1.29, 1.82) is 0 Å². The molecule has 0 N–H and O–H groups in total. The van der Waals surface area contributed by atoms with Crippen molar-refractivity contribution >= 4 is 11.6 Å². The molecule has 0 aromatic heterocycles. The molecule has 2 aliphatic heterocycles. The van der Waals surface area contributed by atoms with Crippen molar-refractivity contribution in [3.8, 4) is 0 Å². The van der Waals surface area contributed by atoms with Gasteiger partial charge in [0.15, 0.2) is 0 Å². The van der Waals surface area contributed by atoms with Crippen LogP contribution >= 0.6 is 0 Å². The highest BCUT2D eigenvalue weighted by molar-refractivity contribution is 5.80. The van der Waals surface area contributed by atoms with Crippen LogP contribution in [0.2, 0.25) is 0 Å². The number of carbonyl (C=O) groups excluding carboxylic acids is 1. The van der Waals surface area contributed by atoms with Crippen molar-refractivity contribution in [3.05, 3.63) is 65.2 Å². The summed E-state index contributed by atoms with van der Waals surface area (Å²) >= 11 is 0. The number of piperazine rings is 1. The largest absolute Gasteiger partial charge is 0.369 e. The van der Waals surface area contributed by atoms with Gasteiger partial charge in [-0.3, -0.25) is 4.79 Å². The van der Waals surface area contributed by atoms with E-state index in [2.05, 4.69) is 59.0 Å². The number of likely N-dealkylation sites (tertiary alicyclic amines) is 1. The molecular formula is C25H31N3O. The Labute approximate surface area is 174 Å². The number of amides is 1. The van der Waals surface area contributed by atoms with Crippen LogP contribution in [-0.4, -0.2) is 55.5 Å². The SMILES string of the molecule is C[C@H]1C2CCN(C(=O)Cc3ccccc3)C1c1cc(N3CCN(C)CC3)ccc12. The monoisotopic (exact) mass is 389 g/mol. The summed E-state index contributed by atoms with van der Waals surface area (Å²) in [4.78, 5) is 20.3. The van der Waals surface area contributed by atoms with Crippen LogP contribution in [0.25, 0.3) is 0 Å². The van der Waals surface area contributed by atoms with Gasteiger partial charge in [0.1, 0.15) is 0 Å². The summed E-state index contributed by atoms with van der Waals surface area (Å²) in [6.45, 7) is 7.60. The molecule has 5 rings (SSSR count). The number of benzene rings is 2. The number of piperidine rings is 1. The fraction of sp³-hybridized carbons (Fsp3) is 0.480. The summed E-state index contributed by atoms with van der Waals surface area (Å²) in [5.41, 5.74) is 5.32. The molecule has 2 aromatic carbocycles. The average molecular weight is 390 g/mol. The second-order valence-corrected chi connectivity index (χ2v) is 9.05. The van der Waals surface area contributed by atoms with Crippen LogP contribution in [0.1, 0.15) is 42.0 Å². The van der Waals surface area contributed by atoms with Gasteiger partial charge in [-0.05, 0) is 54.1 Å². The molecule has 4 heteroatoms. The Morgan fingerprint density at radius 1 is 0.966 bits per heavy atom. The third-order valence-corrected chi connectivity index (χ3v) is 7.32. The van der Waals surface area contributed by atoms with Crippen molar-refractivity contribution in [3.63, 3.8) is 0 Å². The van der Waals surface area contributed by atoms with Crippen molar-refractivity contribution in [1.82, 2.24) is 9.80 Å². The number of carbonyl (C=O) groups is 1. The summed E-state index contributed by atoms with van der Waals surface area (Å²) in [6.07, 6.45) is 1.58. The molecule has 2 aromatic rings. The highest BCUT2D eigenvalue weighted by Crippen LogP contribution is 2.53. The van der Waals surface area contributed by atoms with Gasteiger partial charge in [-0.25, -0.2) is 0 Å². The zero-order valence-electron chi connectivity index (χ0n) is 17.6. The van der Waals surface area contributed by atoms with Crippen LogP contribution in [0.5, 0.6) is 0 Å². The smallest absolute Gasteiger partial charge is 0.227 e. The van der Waals surface area contributed by atoms with Crippen molar-refractivity contribution in [2.45, 2.75) is 31.7 Å². The summed E-state index contributed by atoms with van der Waals surface area (Å²) < 4.78 is 0. The zero-order chi connectivity index (χ0) is 20.0. The first-order valence-corrected chi connectivity index (χ1v) is 11.0. The molecule has 4 nitrogen and oxygen atoms in total. The van der Waals surface area contributed by atoms with Gasteiger partial charge in [-0.2, -0.15) is 0 Å². The average Bonchev–Trinajstić information content (AvgIpc) is 2.90. The molecule has 2 fully saturated rings. The van der Waals surface area contributed by atoms with Crippen LogP contribution in [0, 0.1) is 5.92 Å². The molecule has 0 saturated carbocycles. The van der Waals surface area contributed by atoms with Gasteiger partial charge in [-0.1, -0.05) is 43.3 Å². The summed E-state index contributed by atoms with van der Waals surface area (Å²) in [7, 11) is 2.20. The minimum Gasteiger partial charge on any atom is -0.369 e. The molecule has 0 spiro atoms. The highest BCUT2D eigenvalue weighted by atomic mass is 16.2. The number of hydrogen-bond donors (Lipinski definition) is 0. The second-order valence-electron chi connectivity index (χ2n) is 9.05. The maximum atomic E-state index is 13.2. The minimum atomic E-state index is 0.229. The fourth-order valence-electron chi connectivity index (χ4n) is 5.64. The third kappa shape index (κ3) is 3.33. The number of hydrogen-bond acceptors (Lipinski definition) is 3. The van der Waals surface area contributed by atoms with E-state index in [1.54, 1.807) is 0 Å². The second kappa shape index (κ2) is 7.49. The molecule has 29 heavy (non-hydrogen) atoms. The Kier molecular flexibility index (Phi) is 4.83. The lowest BCUT2D eigenvalue weighted by atomic mass is 9.85. The van der Waals surface area contributed by atoms with Crippen LogP contribution in [0.3, 0.4) is 0 Å². The lowest BCUT2D eigenvalue weighted by Crippen LogP contribution is -2.44. The lowest BCUT2D eigenvalue weighted by molar-refractivity contribution is -0.135. The van der Waals surface area contributed by atoms with E-state index in [-0.39, 0.29) is 11.9 Å². The molecule has 2 saturated heterocycles. The van der Waals surface area contributed by atoms with E-state index >= 15 is 0 Å². The maximum absolute atomic E-state index is 13.2. The Balaban J connectivity index is 1.42. The van der Waals surface area contributed by atoms with E-state index in [9.17, 15) is 4.79 Å². The standard InChI is InChI=1S/C25H31N3O/c1-18-21-10-11-28(24(29)16-19-6-4-3-5-7-19)25(18)23-17-20(8-9-22(21)23)27-14-12-26(2)13-15-27/h3-9,17-18,21,25H,10-16H2,1-2H3/t18-,21?,25?/m0/s1. The van der Waals surface area contributed by atoms with Gasteiger partial charge in [0.05, 0.1) is 12.5 Å². The van der Waals surface area contributed by atoms with Gasteiger partial charge >= 0.3 is 0 Å². The number of nitrogens with zero attached hydrogens (tertiary/aromatic N) is 3. The van der Waals surface area contributed by atoms with Crippen LogP contribution < -0.4 is 4.90 Å². The Morgan fingerprint density at radius 3 is 2.48 bits per heavy atom. The van der Waals surface area contributed by atoms with Gasteiger partial charge in [0.25, 0.3) is 0 Å². The quantitative estimate of drug-likeness (QED) is 0.801. The molecule has 2 heterocycles.